The number of aryl methyl sites for hydroxylation is 1. The summed E-state index contributed by atoms with van der Waals surface area (Å²) in [5.41, 5.74) is 3.10. The van der Waals surface area contributed by atoms with Crippen LogP contribution in [0.25, 0.3) is 27.1 Å². The molecule has 0 atom stereocenters. The summed E-state index contributed by atoms with van der Waals surface area (Å²) in [5, 5.41) is 4.13. The average Bonchev–Trinajstić information content (AvgIpc) is 3.08. The minimum Gasteiger partial charge on any atom is -0.542 e. The van der Waals surface area contributed by atoms with Crippen LogP contribution in [0.2, 0.25) is 0 Å². The molecule has 0 saturated heterocycles. The number of sulfonamides is 1. The van der Waals surface area contributed by atoms with Crippen molar-refractivity contribution in [3.05, 3.63) is 65.1 Å². The first kappa shape index (κ1) is 23.3. The van der Waals surface area contributed by atoms with E-state index in [0.717, 1.165) is 16.7 Å². The predicted molar refractivity (Wildman–Crippen MR) is 104 cm³/mol. The van der Waals surface area contributed by atoms with E-state index in [1.807, 2.05) is 30.3 Å². The predicted octanol–water partition coefficient (Wildman–Crippen LogP) is 0.947. The van der Waals surface area contributed by atoms with Crippen LogP contribution in [0.15, 0.2) is 64.0 Å². The first-order valence-electron chi connectivity index (χ1n) is 8.54. The molecular formula is C20H19N2NaO5S. The number of nitrogens with zero attached hydrogens (tertiary/aromatic N) is 2. The molecule has 0 aliphatic carbocycles. The van der Waals surface area contributed by atoms with Gasteiger partial charge in [-0.25, -0.2) is 8.42 Å². The molecule has 7 nitrogen and oxygen atoms in total. The van der Waals surface area contributed by atoms with E-state index >= 15 is 0 Å². The number of benzene rings is 2. The van der Waals surface area contributed by atoms with E-state index in [9.17, 15) is 13.2 Å². The van der Waals surface area contributed by atoms with Crippen molar-refractivity contribution < 1.29 is 52.0 Å². The van der Waals surface area contributed by atoms with E-state index in [1.165, 1.54) is 19.2 Å². The van der Waals surface area contributed by atoms with Crippen LogP contribution in [0.1, 0.15) is 12.2 Å². The Kier molecular flexibility index (Phi) is 8.18. The summed E-state index contributed by atoms with van der Waals surface area (Å²) in [6, 6.07) is 15.7. The Balaban J connectivity index is 0.00000300. The second kappa shape index (κ2) is 10.2. The third kappa shape index (κ3) is 5.55. The number of hydrogen-bond acceptors (Lipinski definition) is 6. The Morgan fingerprint density at radius 2 is 1.72 bits per heavy atom. The van der Waals surface area contributed by atoms with Gasteiger partial charge in [0.2, 0.25) is 0 Å². The van der Waals surface area contributed by atoms with Gasteiger partial charge in [0.1, 0.15) is 21.5 Å². The van der Waals surface area contributed by atoms with Gasteiger partial charge in [-0.15, -0.1) is 0 Å². The Morgan fingerprint density at radius 1 is 1.07 bits per heavy atom. The quantitative estimate of drug-likeness (QED) is 0.526. The van der Waals surface area contributed by atoms with Crippen molar-refractivity contribution in [2.75, 3.05) is 13.7 Å². The zero-order valence-electron chi connectivity index (χ0n) is 16.5. The van der Waals surface area contributed by atoms with E-state index in [0.29, 0.717) is 11.5 Å². The van der Waals surface area contributed by atoms with Crippen LogP contribution < -0.4 is 29.6 Å². The fourth-order valence-electron chi connectivity index (χ4n) is 2.72. The monoisotopic (exact) mass is 422 g/mol. The van der Waals surface area contributed by atoms with Crippen molar-refractivity contribution in [2.45, 2.75) is 18.2 Å². The van der Waals surface area contributed by atoms with Crippen molar-refractivity contribution in [3.63, 3.8) is 0 Å². The van der Waals surface area contributed by atoms with Gasteiger partial charge in [0, 0.05) is 19.1 Å². The molecule has 1 heterocycles. The van der Waals surface area contributed by atoms with E-state index in [1.54, 1.807) is 19.1 Å². The molecule has 1 aromatic heterocycles. The molecule has 3 rings (SSSR count). The van der Waals surface area contributed by atoms with Crippen LogP contribution >= 0.6 is 0 Å². The van der Waals surface area contributed by atoms with Crippen LogP contribution in [0.3, 0.4) is 0 Å². The summed E-state index contributed by atoms with van der Waals surface area (Å²) in [6.45, 7) is 1.91. The summed E-state index contributed by atoms with van der Waals surface area (Å²) in [7, 11) is -2.64. The van der Waals surface area contributed by atoms with Gasteiger partial charge in [-0.1, -0.05) is 47.6 Å². The van der Waals surface area contributed by atoms with E-state index < -0.39 is 15.9 Å². The summed E-state index contributed by atoms with van der Waals surface area (Å²) < 4.78 is 38.0. The largest absolute Gasteiger partial charge is 1.00 e. The Labute approximate surface area is 191 Å². The Morgan fingerprint density at radius 3 is 2.34 bits per heavy atom. The Bertz CT molecular complexity index is 1060. The number of carbonyl (C=O) groups excluding carboxylic acids is 1. The second-order valence-electron chi connectivity index (χ2n) is 6.06. The maximum absolute atomic E-state index is 12.3. The first-order valence-corrected chi connectivity index (χ1v) is 9.98. The van der Waals surface area contributed by atoms with E-state index in [-0.39, 0.29) is 47.5 Å². The molecule has 0 fully saturated rings. The average molecular weight is 422 g/mol. The Hall–Kier alpha value is -1.97. The number of hydrogen-bond donors (Lipinski definition) is 0. The summed E-state index contributed by atoms with van der Waals surface area (Å²) >= 11 is 0. The van der Waals surface area contributed by atoms with Crippen LogP contribution in [-0.4, -0.2) is 33.2 Å². The van der Waals surface area contributed by atoms with Gasteiger partial charge in [0.15, 0.2) is 0 Å². The number of carbonyl (C=O) groups is 1. The molecule has 2 aromatic carbocycles. The molecule has 0 unspecified atom stereocenters. The normalized spacial score (nSPS) is 11.0. The van der Waals surface area contributed by atoms with Crippen molar-refractivity contribution in [1.82, 2.24) is 5.16 Å². The minimum atomic E-state index is -4.07. The van der Waals surface area contributed by atoms with Crippen molar-refractivity contribution in [2.24, 2.45) is 0 Å². The summed E-state index contributed by atoms with van der Waals surface area (Å²) in [5.74, 6) is -0.124. The maximum atomic E-state index is 12.3. The van der Waals surface area contributed by atoms with Crippen molar-refractivity contribution >= 4 is 15.9 Å². The zero-order chi connectivity index (χ0) is 20.1. The third-order valence-corrected chi connectivity index (χ3v) is 5.40. The molecular weight excluding hydrogens is 403 g/mol. The van der Waals surface area contributed by atoms with Crippen LogP contribution in [0, 0.1) is 6.92 Å². The zero-order valence-corrected chi connectivity index (χ0v) is 19.3. The van der Waals surface area contributed by atoms with Crippen LogP contribution in [0.4, 0.5) is 0 Å². The molecule has 0 radical (unpaired) electrons. The number of rotatable bonds is 7. The standard InChI is InChI=1S/C20H20N2O5S.Na/c1-14-19(20(21-27-14)16-6-4-3-5-7-16)15-8-10-17(11-9-15)28(24,25)22-18(23)12-13-26-2;/h3-11H,12-13H2,1-2H3,(H,22,23);/q;+1/p-1. The van der Waals surface area contributed by atoms with Gasteiger partial charge in [-0.05, 0) is 24.6 Å². The molecule has 29 heavy (non-hydrogen) atoms. The second-order valence-corrected chi connectivity index (χ2v) is 7.66. The topological polar surface area (TPSA) is 101 Å². The van der Waals surface area contributed by atoms with Crippen molar-refractivity contribution in [3.8, 4) is 22.4 Å². The molecule has 0 saturated carbocycles. The van der Waals surface area contributed by atoms with Crippen LogP contribution in [0.5, 0.6) is 0 Å². The van der Waals surface area contributed by atoms with Gasteiger partial charge >= 0.3 is 29.6 Å². The first-order chi connectivity index (χ1) is 13.4. The molecule has 0 aliphatic rings. The van der Waals surface area contributed by atoms with Gasteiger partial charge in [0.25, 0.3) is 0 Å². The fraction of sp³-hybridized carbons (Fsp3) is 0.200. The molecule has 9 heteroatoms. The molecule has 0 aliphatic heterocycles. The maximum Gasteiger partial charge on any atom is 1.00 e. The number of methoxy groups -OCH3 is 1. The number of amides is 1. The smallest absolute Gasteiger partial charge is 0.542 e. The molecule has 3 aromatic rings. The SMILES string of the molecule is COCCC(=O)[N-]S(=O)(=O)c1ccc(-c2c(-c3ccccc3)noc2C)cc1.[Na+]. The van der Waals surface area contributed by atoms with Gasteiger partial charge < -0.3 is 18.8 Å². The van der Waals surface area contributed by atoms with E-state index in [4.69, 9.17) is 9.26 Å². The van der Waals surface area contributed by atoms with Gasteiger partial charge in [0.05, 0.1) is 23.0 Å². The molecule has 0 spiro atoms. The van der Waals surface area contributed by atoms with Crippen LogP contribution in [-0.2, 0) is 19.6 Å². The number of ether oxygens (including phenoxy) is 1. The molecule has 0 bridgehead atoms. The number of aromatic nitrogens is 1. The molecule has 0 N–H and O–H groups in total. The van der Waals surface area contributed by atoms with Gasteiger partial charge in [-0.3, -0.25) is 0 Å². The third-order valence-electron chi connectivity index (χ3n) is 4.09. The summed E-state index contributed by atoms with van der Waals surface area (Å²) in [6.07, 6.45) is -0.0892. The van der Waals surface area contributed by atoms with Gasteiger partial charge in [-0.2, -0.15) is 0 Å². The summed E-state index contributed by atoms with van der Waals surface area (Å²) in [4.78, 5) is 11.6. The molecule has 146 valence electrons. The molecule has 1 amide bonds. The van der Waals surface area contributed by atoms with Crippen molar-refractivity contribution in [1.29, 1.82) is 0 Å². The van der Waals surface area contributed by atoms with E-state index in [2.05, 4.69) is 9.88 Å². The fourth-order valence-corrected chi connectivity index (χ4v) is 3.67. The minimum absolute atomic E-state index is 0.